The number of rotatable bonds is 3. The van der Waals surface area contributed by atoms with Gasteiger partial charge in [0.05, 0.1) is 0 Å². The van der Waals surface area contributed by atoms with Gasteiger partial charge in [-0.25, -0.2) is 9.35 Å². The van der Waals surface area contributed by atoms with E-state index in [1.165, 1.54) is 5.57 Å². The molecular weight excluding hydrogens is 196 g/mol. The second-order valence-corrected chi connectivity index (χ2v) is 4.27. The van der Waals surface area contributed by atoms with Crippen molar-refractivity contribution < 1.29 is 4.21 Å². The van der Waals surface area contributed by atoms with Crippen LogP contribution in [0.4, 0.5) is 0 Å². The Morgan fingerprint density at radius 2 is 2.29 bits per heavy atom. The van der Waals surface area contributed by atoms with Gasteiger partial charge in [-0.2, -0.15) is 0 Å². The molecular formula is C10H16N2OS. The quantitative estimate of drug-likeness (QED) is 0.711. The molecule has 1 unspecified atom stereocenters. The molecule has 0 heterocycles. The van der Waals surface area contributed by atoms with Crippen molar-refractivity contribution in [3.8, 4) is 0 Å². The van der Waals surface area contributed by atoms with Gasteiger partial charge in [0.15, 0.2) is 0 Å². The molecule has 0 fully saturated rings. The van der Waals surface area contributed by atoms with Crippen molar-refractivity contribution in [3.05, 3.63) is 22.6 Å². The van der Waals surface area contributed by atoms with E-state index >= 15 is 0 Å². The zero-order chi connectivity index (χ0) is 10.6. The van der Waals surface area contributed by atoms with Crippen molar-refractivity contribution in [1.82, 2.24) is 0 Å². The molecule has 1 atom stereocenters. The summed E-state index contributed by atoms with van der Waals surface area (Å²) in [4.78, 5) is 5.03. The first-order valence-corrected chi connectivity index (χ1v) is 5.92. The molecule has 3 nitrogen and oxygen atoms in total. The second-order valence-electron chi connectivity index (χ2n) is 3.15. The SMILES string of the molecule is CCC(=NC)C1=CC=C(S(N)=O)CC1. The smallest absolute Gasteiger partial charge is 0.117 e. The van der Waals surface area contributed by atoms with Crippen molar-refractivity contribution >= 4 is 16.7 Å². The molecule has 1 rings (SSSR count). The van der Waals surface area contributed by atoms with Gasteiger partial charge in [0.25, 0.3) is 0 Å². The number of allylic oxidation sites excluding steroid dienone is 4. The fourth-order valence-corrected chi connectivity index (χ4v) is 2.06. The molecule has 0 aromatic rings. The third-order valence-corrected chi connectivity index (χ3v) is 3.20. The van der Waals surface area contributed by atoms with Crippen molar-refractivity contribution in [1.29, 1.82) is 0 Å². The summed E-state index contributed by atoms with van der Waals surface area (Å²) < 4.78 is 11.0. The number of nitrogens with two attached hydrogens (primary N) is 1. The summed E-state index contributed by atoms with van der Waals surface area (Å²) in [6, 6.07) is 0. The van der Waals surface area contributed by atoms with Crippen LogP contribution in [0.3, 0.4) is 0 Å². The molecule has 0 aliphatic heterocycles. The zero-order valence-electron chi connectivity index (χ0n) is 8.62. The van der Waals surface area contributed by atoms with Gasteiger partial charge in [-0.3, -0.25) is 4.99 Å². The number of hydrogen-bond donors (Lipinski definition) is 1. The van der Waals surface area contributed by atoms with Gasteiger partial charge in [-0.15, -0.1) is 0 Å². The predicted octanol–water partition coefficient (Wildman–Crippen LogP) is 1.69. The molecule has 0 radical (unpaired) electrons. The fourth-order valence-electron chi connectivity index (χ4n) is 1.55. The average Bonchev–Trinajstić information content (AvgIpc) is 2.20. The third-order valence-electron chi connectivity index (χ3n) is 2.35. The Morgan fingerprint density at radius 3 is 2.64 bits per heavy atom. The fraction of sp³-hybridized carbons (Fsp3) is 0.500. The standard InChI is InChI=1S/C10H16N2OS/c1-3-10(12-2)8-4-6-9(7-5-8)14(11)13/h4,6H,3,5,7,11H2,1-2H3. The van der Waals surface area contributed by atoms with E-state index < -0.39 is 11.0 Å². The minimum Gasteiger partial charge on any atom is -0.293 e. The Hall–Kier alpha value is -0.740. The third kappa shape index (κ3) is 2.62. The van der Waals surface area contributed by atoms with Gasteiger partial charge in [-0.1, -0.05) is 13.0 Å². The van der Waals surface area contributed by atoms with E-state index in [4.69, 9.17) is 5.14 Å². The van der Waals surface area contributed by atoms with E-state index in [-0.39, 0.29) is 0 Å². The highest BCUT2D eigenvalue weighted by Gasteiger charge is 2.12. The lowest BCUT2D eigenvalue weighted by atomic mass is 9.99. The van der Waals surface area contributed by atoms with Crippen molar-refractivity contribution in [2.45, 2.75) is 26.2 Å². The van der Waals surface area contributed by atoms with Crippen LogP contribution in [-0.2, 0) is 11.0 Å². The molecule has 0 saturated carbocycles. The first-order valence-electron chi connectivity index (χ1n) is 4.71. The van der Waals surface area contributed by atoms with Crippen LogP contribution in [-0.4, -0.2) is 17.0 Å². The minimum absolute atomic E-state index is 0.786. The lowest BCUT2D eigenvalue weighted by molar-refractivity contribution is 0.686. The number of nitrogens with zero attached hydrogens (tertiary/aromatic N) is 1. The van der Waals surface area contributed by atoms with Gasteiger partial charge < -0.3 is 0 Å². The van der Waals surface area contributed by atoms with E-state index in [1.54, 1.807) is 7.05 Å². The van der Waals surface area contributed by atoms with E-state index in [0.717, 1.165) is 29.9 Å². The Bertz CT molecular complexity index is 329. The van der Waals surface area contributed by atoms with E-state index in [0.29, 0.717) is 0 Å². The Labute approximate surface area is 87.4 Å². The average molecular weight is 212 g/mol. The summed E-state index contributed by atoms with van der Waals surface area (Å²) in [7, 11) is 0.498. The molecule has 1 aliphatic carbocycles. The van der Waals surface area contributed by atoms with E-state index in [1.807, 2.05) is 12.2 Å². The van der Waals surface area contributed by atoms with E-state index in [2.05, 4.69) is 11.9 Å². The summed E-state index contributed by atoms with van der Waals surface area (Å²) in [5.41, 5.74) is 2.37. The summed E-state index contributed by atoms with van der Waals surface area (Å²) in [6.45, 7) is 2.09. The molecule has 0 spiro atoms. The molecule has 0 saturated heterocycles. The van der Waals surface area contributed by atoms with Crippen LogP contribution < -0.4 is 5.14 Å². The highest BCUT2D eigenvalue weighted by Crippen LogP contribution is 2.21. The molecule has 0 aromatic heterocycles. The zero-order valence-corrected chi connectivity index (χ0v) is 9.43. The van der Waals surface area contributed by atoms with Crippen LogP contribution in [0.2, 0.25) is 0 Å². The number of hydrogen-bond acceptors (Lipinski definition) is 2. The van der Waals surface area contributed by atoms with Crippen LogP contribution in [0.1, 0.15) is 26.2 Å². The largest absolute Gasteiger partial charge is 0.293 e. The Morgan fingerprint density at radius 1 is 1.57 bits per heavy atom. The maximum atomic E-state index is 11.0. The van der Waals surface area contributed by atoms with Crippen LogP contribution in [0.15, 0.2) is 27.6 Å². The summed E-state index contributed by atoms with van der Waals surface area (Å²) >= 11 is 0. The highest BCUT2D eigenvalue weighted by molar-refractivity contribution is 7.86. The summed E-state index contributed by atoms with van der Waals surface area (Å²) in [5.74, 6) is 0. The minimum atomic E-state index is -1.31. The van der Waals surface area contributed by atoms with Gasteiger partial charge in [-0.05, 0) is 30.9 Å². The van der Waals surface area contributed by atoms with Crippen molar-refractivity contribution in [2.75, 3.05) is 7.05 Å². The lowest BCUT2D eigenvalue weighted by Gasteiger charge is -2.13. The molecule has 2 N–H and O–H groups in total. The van der Waals surface area contributed by atoms with Crippen molar-refractivity contribution in [3.63, 3.8) is 0 Å². The molecule has 1 aliphatic rings. The summed E-state index contributed by atoms with van der Waals surface area (Å²) in [5, 5.41) is 5.30. The molecule has 0 aromatic carbocycles. The summed E-state index contributed by atoms with van der Waals surface area (Å²) in [6.07, 6.45) is 6.46. The van der Waals surface area contributed by atoms with Crippen molar-refractivity contribution in [2.24, 2.45) is 10.1 Å². The van der Waals surface area contributed by atoms with Gasteiger partial charge in [0.2, 0.25) is 0 Å². The van der Waals surface area contributed by atoms with Crippen LogP contribution in [0, 0.1) is 0 Å². The second kappa shape index (κ2) is 5.22. The molecule has 14 heavy (non-hydrogen) atoms. The molecule has 0 bridgehead atoms. The Kier molecular flexibility index (Phi) is 4.22. The number of aliphatic imine (C=N–C) groups is 1. The molecule has 78 valence electrons. The first-order chi connectivity index (χ1) is 6.69. The lowest BCUT2D eigenvalue weighted by Crippen LogP contribution is -2.10. The first kappa shape index (κ1) is 11.3. The van der Waals surface area contributed by atoms with Gasteiger partial charge >= 0.3 is 0 Å². The maximum absolute atomic E-state index is 11.0. The Balaban J connectivity index is 2.83. The van der Waals surface area contributed by atoms with Crippen LogP contribution in [0.25, 0.3) is 0 Å². The van der Waals surface area contributed by atoms with Crippen LogP contribution in [0.5, 0.6) is 0 Å². The highest BCUT2D eigenvalue weighted by atomic mass is 32.2. The maximum Gasteiger partial charge on any atom is 0.117 e. The normalized spacial score (nSPS) is 20.1. The molecule has 0 amide bonds. The van der Waals surface area contributed by atoms with E-state index in [9.17, 15) is 4.21 Å². The monoisotopic (exact) mass is 212 g/mol. The van der Waals surface area contributed by atoms with Gasteiger partial charge in [0, 0.05) is 17.7 Å². The van der Waals surface area contributed by atoms with Crippen LogP contribution >= 0.6 is 0 Å². The predicted molar refractivity (Wildman–Crippen MR) is 61.4 cm³/mol. The van der Waals surface area contributed by atoms with Gasteiger partial charge in [0.1, 0.15) is 11.0 Å². The topological polar surface area (TPSA) is 55.4 Å². The molecule has 4 heteroatoms.